The third kappa shape index (κ3) is 2.27. The summed E-state index contributed by atoms with van der Waals surface area (Å²) in [5, 5.41) is 0. The largest absolute Gasteiger partial charge is 0.490 e. The second-order valence-corrected chi connectivity index (χ2v) is 6.41. The molecule has 1 aliphatic heterocycles. The molecule has 0 amide bonds. The molecule has 1 aliphatic carbocycles. The molecule has 1 unspecified atom stereocenters. The number of ether oxygens (including phenoxy) is 2. The van der Waals surface area contributed by atoms with Crippen LogP contribution in [0.2, 0.25) is 0 Å². The molecule has 7 heteroatoms. The van der Waals surface area contributed by atoms with Gasteiger partial charge in [0, 0.05) is 5.56 Å². The number of fused-ring (bicyclic) bond motifs is 1. The summed E-state index contributed by atoms with van der Waals surface area (Å²) in [6, 6.07) is 4.60. The minimum Gasteiger partial charge on any atom is -0.490 e. The van der Waals surface area contributed by atoms with Crippen LogP contribution in [-0.2, 0) is 9.30 Å². The Bertz CT molecular complexity index is 574. The summed E-state index contributed by atoms with van der Waals surface area (Å²) in [7, 11) is -4.53. The Kier molecular flexibility index (Phi) is 2.89. The van der Waals surface area contributed by atoms with Gasteiger partial charge >= 0.3 is 13.6 Å². The Morgan fingerprint density at radius 2 is 2.05 bits per heavy atom. The van der Waals surface area contributed by atoms with Crippen molar-refractivity contribution in [3.05, 3.63) is 29.3 Å². The lowest BCUT2D eigenvalue weighted by Crippen LogP contribution is -2.24. The van der Waals surface area contributed by atoms with Crippen LogP contribution in [0.3, 0.4) is 0 Å². The maximum atomic E-state index is 11.5. The fourth-order valence-electron chi connectivity index (χ4n) is 2.16. The number of carbonyl (C=O) groups is 1. The van der Waals surface area contributed by atoms with Gasteiger partial charge in [-0.15, -0.1) is 0 Å². The molecule has 6 nitrogen and oxygen atoms in total. The number of carbonyl (C=O) groups excluding carboxylic acids is 1. The van der Waals surface area contributed by atoms with E-state index in [1.54, 1.807) is 6.07 Å². The van der Waals surface area contributed by atoms with Crippen molar-refractivity contribution in [1.82, 2.24) is 0 Å². The summed E-state index contributed by atoms with van der Waals surface area (Å²) in [6.07, 6.45) is 3.25. The van der Waals surface area contributed by atoms with Crippen molar-refractivity contribution in [1.29, 1.82) is 0 Å². The Morgan fingerprint density at radius 1 is 1.32 bits per heavy atom. The summed E-state index contributed by atoms with van der Waals surface area (Å²) in [6.45, 7) is 0. The molecule has 3 rings (SSSR count). The molecule has 1 aromatic rings. The fourth-order valence-corrected chi connectivity index (χ4v) is 2.97. The quantitative estimate of drug-likeness (QED) is 0.651. The number of hydrogen-bond acceptors (Lipinski definition) is 4. The fraction of sp³-hybridized carbons (Fsp3) is 0.417. The lowest BCUT2D eigenvalue weighted by molar-refractivity contribution is 0.0470. The van der Waals surface area contributed by atoms with Crippen molar-refractivity contribution < 1.29 is 28.6 Å². The van der Waals surface area contributed by atoms with Gasteiger partial charge in [0.05, 0.1) is 11.7 Å². The van der Waals surface area contributed by atoms with Gasteiger partial charge in [-0.1, -0.05) is 0 Å². The summed E-state index contributed by atoms with van der Waals surface area (Å²) in [5.41, 5.74) is 0.393. The number of esters is 1. The maximum Gasteiger partial charge on any atom is 0.370 e. The van der Waals surface area contributed by atoms with E-state index in [4.69, 9.17) is 9.47 Å². The predicted octanol–water partition coefficient (Wildman–Crippen LogP) is 1.96. The van der Waals surface area contributed by atoms with Gasteiger partial charge in [0.25, 0.3) is 0 Å². The average molecular weight is 284 g/mol. The topological polar surface area (TPSA) is 93.1 Å². The Labute approximate surface area is 109 Å². The first-order chi connectivity index (χ1) is 8.95. The molecule has 1 heterocycles. The molecule has 0 spiro atoms. The lowest BCUT2D eigenvalue weighted by atomic mass is 9.96. The Morgan fingerprint density at radius 3 is 2.63 bits per heavy atom. The molecular weight excluding hydrogens is 271 g/mol. The third-order valence-corrected chi connectivity index (χ3v) is 4.38. The van der Waals surface area contributed by atoms with Crippen LogP contribution in [0.4, 0.5) is 0 Å². The molecule has 102 valence electrons. The van der Waals surface area contributed by atoms with E-state index in [2.05, 4.69) is 0 Å². The van der Waals surface area contributed by atoms with E-state index in [1.165, 1.54) is 12.1 Å². The minimum atomic E-state index is -4.53. The van der Waals surface area contributed by atoms with E-state index in [1.807, 2.05) is 0 Å². The summed E-state index contributed by atoms with van der Waals surface area (Å²) in [4.78, 5) is 29.9. The zero-order valence-corrected chi connectivity index (χ0v) is 10.9. The molecule has 1 saturated carbocycles. The van der Waals surface area contributed by atoms with Crippen molar-refractivity contribution in [3.8, 4) is 5.75 Å². The van der Waals surface area contributed by atoms with Gasteiger partial charge in [0.1, 0.15) is 5.75 Å². The maximum absolute atomic E-state index is 11.5. The van der Waals surface area contributed by atoms with Crippen molar-refractivity contribution in [2.75, 3.05) is 0 Å². The number of cyclic esters (lactones) is 1. The number of benzene rings is 1. The third-order valence-electron chi connectivity index (χ3n) is 3.39. The molecule has 0 saturated heterocycles. The van der Waals surface area contributed by atoms with Crippen LogP contribution >= 0.6 is 7.60 Å². The standard InChI is InChI=1S/C12H13O6P/c13-11-9-5-4-8(17-7-2-1-3-7)6-10(9)12(18-11)19(14,15)16/h4-7,12H,1-3H2,(H2,14,15,16). The average Bonchev–Trinajstić information content (AvgIpc) is 2.61. The van der Waals surface area contributed by atoms with E-state index >= 15 is 0 Å². The van der Waals surface area contributed by atoms with Crippen LogP contribution in [0, 0.1) is 0 Å². The van der Waals surface area contributed by atoms with Crippen LogP contribution in [0.1, 0.15) is 41.0 Å². The van der Waals surface area contributed by atoms with E-state index < -0.39 is 19.4 Å². The van der Waals surface area contributed by atoms with E-state index in [-0.39, 0.29) is 17.2 Å². The van der Waals surface area contributed by atoms with Gasteiger partial charge in [-0.3, -0.25) is 4.57 Å². The highest BCUT2D eigenvalue weighted by Gasteiger charge is 2.43. The van der Waals surface area contributed by atoms with Crippen molar-refractivity contribution in [3.63, 3.8) is 0 Å². The zero-order valence-electron chi connectivity index (χ0n) is 9.98. The Balaban J connectivity index is 1.93. The van der Waals surface area contributed by atoms with Crippen molar-refractivity contribution >= 4 is 13.6 Å². The van der Waals surface area contributed by atoms with Gasteiger partial charge < -0.3 is 19.3 Å². The molecule has 2 N–H and O–H groups in total. The molecule has 2 aliphatic rings. The molecule has 1 aromatic carbocycles. The summed E-state index contributed by atoms with van der Waals surface area (Å²) >= 11 is 0. The van der Waals surface area contributed by atoms with E-state index in [0.717, 1.165) is 19.3 Å². The van der Waals surface area contributed by atoms with Crippen LogP contribution in [0.25, 0.3) is 0 Å². The molecule has 0 bridgehead atoms. The molecule has 0 radical (unpaired) electrons. The van der Waals surface area contributed by atoms with Crippen LogP contribution in [0.5, 0.6) is 5.75 Å². The highest BCUT2D eigenvalue weighted by atomic mass is 31.2. The second kappa shape index (κ2) is 4.34. The summed E-state index contributed by atoms with van der Waals surface area (Å²) in [5.74, 6) is -1.71. The molecule has 19 heavy (non-hydrogen) atoms. The second-order valence-electron chi connectivity index (χ2n) is 4.77. The lowest BCUT2D eigenvalue weighted by Gasteiger charge is -2.26. The van der Waals surface area contributed by atoms with Crippen LogP contribution in [-0.4, -0.2) is 21.9 Å². The molecule has 0 aromatic heterocycles. The predicted molar refractivity (Wildman–Crippen MR) is 64.9 cm³/mol. The molecule has 1 atom stereocenters. The SMILES string of the molecule is O=C1OC(P(=O)(O)O)c2cc(OC3CCC3)ccc21. The smallest absolute Gasteiger partial charge is 0.370 e. The molecular formula is C12H13O6P. The van der Waals surface area contributed by atoms with E-state index in [9.17, 15) is 19.1 Å². The van der Waals surface area contributed by atoms with Gasteiger partial charge in [-0.2, -0.15) is 0 Å². The van der Waals surface area contributed by atoms with Gasteiger partial charge in [0.15, 0.2) is 0 Å². The van der Waals surface area contributed by atoms with Crippen LogP contribution < -0.4 is 4.74 Å². The normalized spacial score (nSPS) is 22.6. The first-order valence-electron chi connectivity index (χ1n) is 6.02. The Hall–Kier alpha value is -1.36. The van der Waals surface area contributed by atoms with Gasteiger partial charge in [-0.25, -0.2) is 4.79 Å². The van der Waals surface area contributed by atoms with Crippen molar-refractivity contribution in [2.24, 2.45) is 0 Å². The highest BCUT2D eigenvalue weighted by molar-refractivity contribution is 7.52. The van der Waals surface area contributed by atoms with Gasteiger partial charge in [0.2, 0.25) is 5.85 Å². The van der Waals surface area contributed by atoms with Crippen LogP contribution in [0.15, 0.2) is 18.2 Å². The zero-order chi connectivity index (χ0) is 13.6. The highest BCUT2D eigenvalue weighted by Crippen LogP contribution is 2.56. The van der Waals surface area contributed by atoms with E-state index in [0.29, 0.717) is 5.75 Å². The minimum absolute atomic E-state index is 0.157. The van der Waals surface area contributed by atoms with Gasteiger partial charge in [-0.05, 0) is 37.5 Å². The summed E-state index contributed by atoms with van der Waals surface area (Å²) < 4.78 is 21.7. The first kappa shape index (κ1) is 12.7. The first-order valence-corrected chi connectivity index (χ1v) is 7.70. The molecule has 1 fully saturated rings. The van der Waals surface area contributed by atoms with Crippen molar-refractivity contribution in [2.45, 2.75) is 31.2 Å². The number of hydrogen-bond donors (Lipinski definition) is 2. The number of rotatable bonds is 3. The monoisotopic (exact) mass is 284 g/mol.